The second-order valence-corrected chi connectivity index (χ2v) is 5.64. The smallest absolute Gasteiger partial charge is 0.353 e. The van der Waals surface area contributed by atoms with Gasteiger partial charge in [0.1, 0.15) is 5.69 Å². The maximum Gasteiger partial charge on any atom is 0.353 e. The number of aromatic nitrogens is 1. The van der Waals surface area contributed by atoms with Crippen molar-refractivity contribution in [2.45, 2.75) is 6.54 Å². The van der Waals surface area contributed by atoms with E-state index in [0.717, 1.165) is 20.0 Å². The van der Waals surface area contributed by atoms with Gasteiger partial charge in [0.15, 0.2) is 0 Å². The van der Waals surface area contributed by atoms with E-state index in [2.05, 4.69) is 22.6 Å². The number of halogens is 1. The van der Waals surface area contributed by atoms with Crippen LogP contribution < -0.4 is 0 Å². The van der Waals surface area contributed by atoms with Crippen molar-refractivity contribution in [2.75, 3.05) is 0 Å². The van der Waals surface area contributed by atoms with Gasteiger partial charge in [0.2, 0.25) is 0 Å². The summed E-state index contributed by atoms with van der Waals surface area (Å²) in [7, 11) is 0. The summed E-state index contributed by atoms with van der Waals surface area (Å²) in [5.74, 6) is -0.887. The number of carboxylic acids is 1. The first-order chi connectivity index (χ1) is 9.68. The van der Waals surface area contributed by atoms with E-state index in [-0.39, 0.29) is 0 Å². The molecule has 0 atom stereocenters. The highest BCUT2D eigenvalue weighted by Crippen LogP contribution is 2.28. The van der Waals surface area contributed by atoms with Gasteiger partial charge >= 0.3 is 5.97 Å². The minimum Gasteiger partial charge on any atom is -0.477 e. The number of rotatable bonds is 3. The summed E-state index contributed by atoms with van der Waals surface area (Å²) in [6, 6.07) is 17.7. The Balaban J connectivity index is 2.22. The van der Waals surface area contributed by atoms with Crippen molar-refractivity contribution in [1.29, 1.82) is 0 Å². The van der Waals surface area contributed by atoms with Gasteiger partial charge in [0.25, 0.3) is 0 Å². The number of aromatic carboxylic acids is 1. The molecule has 0 aliphatic heterocycles. The number of hydrogen-bond acceptors (Lipinski definition) is 1. The lowest BCUT2D eigenvalue weighted by atomic mass is 10.2. The molecule has 0 fully saturated rings. The number of carbonyl (C=O) groups is 1. The van der Waals surface area contributed by atoms with Crippen LogP contribution in [0.3, 0.4) is 0 Å². The molecule has 0 aliphatic carbocycles. The van der Waals surface area contributed by atoms with Crippen molar-refractivity contribution in [3.63, 3.8) is 0 Å². The fourth-order valence-electron chi connectivity index (χ4n) is 2.40. The molecule has 0 aliphatic rings. The highest BCUT2D eigenvalue weighted by Gasteiger charge is 2.20. The number of nitrogens with zero attached hydrogens (tertiary/aromatic N) is 1. The fraction of sp³-hybridized carbons (Fsp3) is 0.0625. The zero-order valence-electron chi connectivity index (χ0n) is 10.6. The predicted molar refractivity (Wildman–Crippen MR) is 87.2 cm³/mol. The normalized spacial score (nSPS) is 10.8. The molecule has 0 unspecified atom stereocenters. The van der Waals surface area contributed by atoms with Crippen LogP contribution in [0.1, 0.15) is 16.1 Å². The van der Waals surface area contributed by atoms with Crippen molar-refractivity contribution >= 4 is 39.5 Å². The van der Waals surface area contributed by atoms with Crippen LogP contribution >= 0.6 is 22.6 Å². The lowest BCUT2D eigenvalue weighted by Crippen LogP contribution is -2.10. The molecule has 0 amide bonds. The molecule has 4 heteroatoms. The maximum absolute atomic E-state index is 11.6. The zero-order valence-corrected chi connectivity index (χ0v) is 12.7. The molecule has 1 N–H and O–H groups in total. The van der Waals surface area contributed by atoms with Gasteiger partial charge in [-0.15, -0.1) is 0 Å². The average molecular weight is 377 g/mol. The minimum atomic E-state index is -0.887. The van der Waals surface area contributed by atoms with Gasteiger partial charge in [-0.25, -0.2) is 4.79 Å². The van der Waals surface area contributed by atoms with Crippen LogP contribution in [-0.4, -0.2) is 15.6 Å². The molecule has 1 aromatic heterocycles. The van der Waals surface area contributed by atoms with Gasteiger partial charge in [0, 0.05) is 11.9 Å². The summed E-state index contributed by atoms with van der Waals surface area (Å²) in [6.07, 6.45) is 0. The number of para-hydroxylation sites is 1. The second kappa shape index (κ2) is 5.28. The number of hydrogen-bond donors (Lipinski definition) is 1. The van der Waals surface area contributed by atoms with Crippen molar-refractivity contribution < 1.29 is 9.90 Å². The summed E-state index contributed by atoms with van der Waals surface area (Å²) in [5, 5.41) is 10.5. The third kappa shape index (κ3) is 2.20. The van der Waals surface area contributed by atoms with Crippen LogP contribution in [0.15, 0.2) is 54.6 Å². The molecular formula is C16H12INO2. The van der Waals surface area contributed by atoms with E-state index < -0.39 is 5.97 Å². The van der Waals surface area contributed by atoms with E-state index in [4.69, 9.17) is 0 Å². The van der Waals surface area contributed by atoms with Crippen molar-refractivity contribution in [3.8, 4) is 0 Å². The Bertz CT molecular complexity index is 778. The van der Waals surface area contributed by atoms with Gasteiger partial charge in [-0.3, -0.25) is 0 Å². The predicted octanol–water partition coefficient (Wildman–Crippen LogP) is 3.99. The zero-order chi connectivity index (χ0) is 14.1. The van der Waals surface area contributed by atoms with Crippen LogP contribution in [0.4, 0.5) is 0 Å². The Morgan fingerprint density at radius 3 is 2.40 bits per heavy atom. The molecule has 100 valence electrons. The van der Waals surface area contributed by atoms with E-state index >= 15 is 0 Å². The third-order valence-electron chi connectivity index (χ3n) is 3.30. The van der Waals surface area contributed by atoms with Gasteiger partial charge in [-0.1, -0.05) is 48.5 Å². The standard InChI is InChI=1S/C16H12INO2/c17-14-12-8-4-5-9-13(12)18(15(14)16(19)20)10-11-6-2-1-3-7-11/h1-9H,10H2,(H,19,20). The van der Waals surface area contributed by atoms with Gasteiger partial charge in [-0.05, 0) is 34.2 Å². The third-order valence-corrected chi connectivity index (χ3v) is 4.39. The van der Waals surface area contributed by atoms with Crippen molar-refractivity contribution in [2.24, 2.45) is 0 Å². The van der Waals surface area contributed by atoms with Crippen LogP contribution in [0.5, 0.6) is 0 Å². The Labute approximate surface area is 130 Å². The molecule has 0 bridgehead atoms. The summed E-state index contributed by atoms with van der Waals surface area (Å²) >= 11 is 2.12. The van der Waals surface area contributed by atoms with E-state index in [1.54, 1.807) is 0 Å². The molecule has 3 nitrogen and oxygen atoms in total. The van der Waals surface area contributed by atoms with Crippen LogP contribution in [0.25, 0.3) is 10.9 Å². The van der Waals surface area contributed by atoms with E-state index in [0.29, 0.717) is 12.2 Å². The van der Waals surface area contributed by atoms with E-state index in [1.807, 2.05) is 59.2 Å². The Kier molecular flexibility index (Phi) is 3.48. The Morgan fingerprint density at radius 2 is 1.70 bits per heavy atom. The summed E-state index contributed by atoms with van der Waals surface area (Å²) in [5.41, 5.74) is 2.40. The average Bonchev–Trinajstić information content (AvgIpc) is 2.74. The number of benzene rings is 2. The molecule has 3 aromatic rings. The molecule has 0 radical (unpaired) electrons. The molecule has 1 heterocycles. The highest BCUT2D eigenvalue weighted by molar-refractivity contribution is 14.1. The summed E-state index contributed by atoms with van der Waals surface area (Å²) in [4.78, 5) is 11.6. The first kappa shape index (κ1) is 13.2. The largest absolute Gasteiger partial charge is 0.477 e. The fourth-order valence-corrected chi connectivity index (χ4v) is 3.38. The molecule has 0 saturated carbocycles. The van der Waals surface area contributed by atoms with E-state index in [9.17, 15) is 9.90 Å². The molecule has 20 heavy (non-hydrogen) atoms. The van der Waals surface area contributed by atoms with Gasteiger partial charge in [0.05, 0.1) is 9.09 Å². The summed E-state index contributed by atoms with van der Waals surface area (Å²) < 4.78 is 2.66. The van der Waals surface area contributed by atoms with Crippen LogP contribution in [0.2, 0.25) is 0 Å². The highest BCUT2D eigenvalue weighted by atomic mass is 127. The first-order valence-electron chi connectivity index (χ1n) is 6.22. The SMILES string of the molecule is O=C(O)c1c(I)c2ccccc2n1Cc1ccccc1. The Morgan fingerprint density at radius 1 is 1.05 bits per heavy atom. The topological polar surface area (TPSA) is 42.2 Å². The molecule has 0 saturated heterocycles. The molecule has 3 rings (SSSR count). The van der Waals surface area contributed by atoms with Gasteiger partial charge in [-0.2, -0.15) is 0 Å². The quantitative estimate of drug-likeness (QED) is 0.702. The van der Waals surface area contributed by atoms with Crippen molar-refractivity contribution in [1.82, 2.24) is 4.57 Å². The lowest BCUT2D eigenvalue weighted by molar-refractivity contribution is 0.0685. The number of carboxylic acid groups (broad SMARTS) is 1. The maximum atomic E-state index is 11.6. The number of fused-ring (bicyclic) bond motifs is 1. The molecule has 0 spiro atoms. The van der Waals surface area contributed by atoms with E-state index in [1.165, 1.54) is 0 Å². The van der Waals surface area contributed by atoms with Crippen LogP contribution in [-0.2, 0) is 6.54 Å². The van der Waals surface area contributed by atoms with Crippen LogP contribution in [0, 0.1) is 3.57 Å². The second-order valence-electron chi connectivity index (χ2n) is 4.56. The Hall–Kier alpha value is -1.82. The minimum absolute atomic E-state index is 0.357. The summed E-state index contributed by atoms with van der Waals surface area (Å²) in [6.45, 7) is 0.561. The molecule has 2 aromatic carbocycles. The first-order valence-corrected chi connectivity index (χ1v) is 7.30. The molecular weight excluding hydrogens is 365 g/mol. The monoisotopic (exact) mass is 377 g/mol. The lowest BCUT2D eigenvalue weighted by Gasteiger charge is -2.08. The van der Waals surface area contributed by atoms with Crippen molar-refractivity contribution in [3.05, 3.63) is 69.4 Å². The van der Waals surface area contributed by atoms with Gasteiger partial charge < -0.3 is 9.67 Å².